The van der Waals surface area contributed by atoms with Crippen LogP contribution in [0.1, 0.15) is 11.3 Å². The van der Waals surface area contributed by atoms with Crippen LogP contribution in [0.3, 0.4) is 0 Å². The lowest BCUT2D eigenvalue weighted by molar-refractivity contribution is 0.259. The second-order valence-electron chi connectivity index (χ2n) is 8.89. The summed E-state index contributed by atoms with van der Waals surface area (Å²) >= 11 is 0. The fraction of sp³-hybridized carbons (Fsp3) is 0.308. The number of aromatic nitrogens is 3. The van der Waals surface area contributed by atoms with Gasteiger partial charge in [-0.05, 0) is 37.6 Å². The van der Waals surface area contributed by atoms with Crippen molar-refractivity contribution < 1.29 is 9.32 Å². The Morgan fingerprint density at radius 2 is 1.72 bits per heavy atom. The number of hydrogen-bond donors (Lipinski definition) is 2. The van der Waals surface area contributed by atoms with Gasteiger partial charge in [-0.25, -0.2) is 9.78 Å². The number of para-hydroxylation sites is 2. The van der Waals surface area contributed by atoms with Gasteiger partial charge in [-0.2, -0.15) is 0 Å². The first-order valence-electron chi connectivity index (χ1n) is 12.0. The molecule has 0 bridgehead atoms. The number of nitrogens with one attached hydrogen (secondary N) is 2. The number of carbonyl (C=O) groups excluding carboxylic acids is 1. The van der Waals surface area contributed by atoms with Crippen LogP contribution in [0, 0.1) is 6.92 Å². The maximum Gasteiger partial charge on any atom is 0.326 e. The van der Waals surface area contributed by atoms with Crippen molar-refractivity contribution in [2.45, 2.75) is 13.3 Å². The molecule has 0 saturated carbocycles. The molecule has 3 heterocycles. The molecular formula is C26H29N7O3. The predicted octanol–water partition coefficient (Wildman–Crippen LogP) is 3.24. The second-order valence-corrected chi connectivity index (χ2v) is 8.89. The molecule has 4 aromatic rings. The summed E-state index contributed by atoms with van der Waals surface area (Å²) in [4.78, 5) is 34.5. The maximum absolute atomic E-state index is 13.1. The summed E-state index contributed by atoms with van der Waals surface area (Å²) in [5.74, 6) is 1.10. The van der Waals surface area contributed by atoms with Gasteiger partial charge in [-0.1, -0.05) is 35.5 Å². The number of nitrogens with zero attached hydrogens (tertiary/aromatic N) is 5. The number of piperazine rings is 1. The van der Waals surface area contributed by atoms with Crippen molar-refractivity contribution >= 4 is 34.5 Å². The zero-order chi connectivity index (χ0) is 25.1. The SMILES string of the molecule is Cc1nc(NC(=O)Nc2ccccc2)n(C)c(=O)c1CCN1CCN(c2noc3ccccc23)CC1. The van der Waals surface area contributed by atoms with E-state index >= 15 is 0 Å². The van der Waals surface area contributed by atoms with Crippen molar-refractivity contribution in [3.05, 3.63) is 76.2 Å². The highest BCUT2D eigenvalue weighted by atomic mass is 16.5. The van der Waals surface area contributed by atoms with E-state index in [1.54, 1.807) is 19.2 Å². The smallest absolute Gasteiger partial charge is 0.326 e. The summed E-state index contributed by atoms with van der Waals surface area (Å²) in [5, 5.41) is 10.7. The first-order chi connectivity index (χ1) is 17.5. The number of hydrogen-bond acceptors (Lipinski definition) is 7. The van der Waals surface area contributed by atoms with E-state index in [0.29, 0.717) is 23.4 Å². The van der Waals surface area contributed by atoms with E-state index in [9.17, 15) is 9.59 Å². The highest BCUT2D eigenvalue weighted by Gasteiger charge is 2.22. The lowest BCUT2D eigenvalue weighted by atomic mass is 10.1. The molecular weight excluding hydrogens is 458 g/mol. The first-order valence-corrected chi connectivity index (χ1v) is 12.0. The van der Waals surface area contributed by atoms with Crippen LogP contribution >= 0.6 is 0 Å². The minimum atomic E-state index is -0.450. The Hall–Kier alpha value is -4.18. The quantitative estimate of drug-likeness (QED) is 0.430. The lowest BCUT2D eigenvalue weighted by Crippen LogP contribution is -2.47. The number of urea groups is 1. The number of fused-ring (bicyclic) bond motifs is 1. The van der Waals surface area contributed by atoms with Crippen LogP contribution in [0.15, 0.2) is 63.9 Å². The summed E-state index contributed by atoms with van der Waals surface area (Å²) in [5.41, 5.74) is 2.59. The predicted molar refractivity (Wildman–Crippen MR) is 140 cm³/mol. The summed E-state index contributed by atoms with van der Waals surface area (Å²) < 4.78 is 6.85. The number of benzene rings is 2. The third kappa shape index (κ3) is 4.94. The molecule has 10 nitrogen and oxygen atoms in total. The maximum atomic E-state index is 13.1. The second kappa shape index (κ2) is 10.2. The van der Waals surface area contributed by atoms with E-state index in [-0.39, 0.29) is 11.5 Å². The average molecular weight is 488 g/mol. The zero-order valence-electron chi connectivity index (χ0n) is 20.4. The molecule has 0 atom stereocenters. The summed E-state index contributed by atoms with van der Waals surface area (Å²) in [6.45, 7) is 5.98. The molecule has 1 aliphatic rings. The van der Waals surface area contributed by atoms with E-state index < -0.39 is 6.03 Å². The van der Waals surface area contributed by atoms with E-state index in [1.807, 2.05) is 49.4 Å². The molecule has 10 heteroatoms. The normalized spacial score (nSPS) is 14.2. The molecule has 1 fully saturated rings. The molecule has 5 rings (SSSR count). The largest absolute Gasteiger partial charge is 0.354 e. The molecule has 0 spiro atoms. The minimum absolute atomic E-state index is 0.148. The Morgan fingerprint density at radius 3 is 2.50 bits per heavy atom. The first kappa shape index (κ1) is 23.6. The van der Waals surface area contributed by atoms with Gasteiger partial charge in [0.25, 0.3) is 5.56 Å². The van der Waals surface area contributed by atoms with Crippen molar-refractivity contribution in [1.29, 1.82) is 0 Å². The molecule has 36 heavy (non-hydrogen) atoms. The van der Waals surface area contributed by atoms with Gasteiger partial charge in [-0.15, -0.1) is 0 Å². The van der Waals surface area contributed by atoms with Crippen LogP contribution in [-0.2, 0) is 13.5 Å². The Bertz CT molecular complexity index is 1420. The fourth-order valence-corrected chi connectivity index (χ4v) is 4.49. The van der Waals surface area contributed by atoms with Crippen LogP contribution in [0.2, 0.25) is 0 Å². The molecule has 2 amide bonds. The molecule has 0 unspecified atom stereocenters. The zero-order valence-corrected chi connectivity index (χ0v) is 20.4. The van der Waals surface area contributed by atoms with Gasteiger partial charge < -0.3 is 14.7 Å². The van der Waals surface area contributed by atoms with Gasteiger partial charge in [0.05, 0.1) is 11.1 Å². The van der Waals surface area contributed by atoms with E-state index in [0.717, 1.165) is 49.5 Å². The topological polar surface area (TPSA) is 109 Å². The molecule has 1 saturated heterocycles. The van der Waals surface area contributed by atoms with Gasteiger partial charge in [-0.3, -0.25) is 19.6 Å². The van der Waals surface area contributed by atoms with Gasteiger partial charge in [0.15, 0.2) is 11.4 Å². The molecule has 1 aliphatic heterocycles. The molecule has 2 N–H and O–H groups in total. The third-order valence-electron chi connectivity index (χ3n) is 6.56. The van der Waals surface area contributed by atoms with Crippen LogP contribution < -0.4 is 21.1 Å². The lowest BCUT2D eigenvalue weighted by Gasteiger charge is -2.34. The molecule has 0 aliphatic carbocycles. The summed E-state index contributed by atoms with van der Waals surface area (Å²) in [6, 6.07) is 16.5. The number of rotatable bonds is 6. The van der Waals surface area contributed by atoms with Crippen molar-refractivity contribution in [2.24, 2.45) is 7.05 Å². The standard InChI is InChI=1S/C26H29N7O3/c1-18-20(24(34)31(2)25(27-18)29-26(35)28-19-8-4-3-5-9-19)12-13-32-14-16-33(17-15-32)23-21-10-6-7-11-22(21)36-30-23/h3-11H,12-17H2,1-2H3,(H2,27,28,29,35). The van der Waals surface area contributed by atoms with Crippen molar-refractivity contribution in [2.75, 3.05) is 48.3 Å². The number of anilines is 3. The average Bonchev–Trinajstić information content (AvgIpc) is 3.32. The highest BCUT2D eigenvalue weighted by Crippen LogP contribution is 2.26. The van der Waals surface area contributed by atoms with Crippen molar-refractivity contribution in [3.63, 3.8) is 0 Å². The number of aryl methyl sites for hydroxylation is 1. The Labute approximate surface area is 208 Å². The van der Waals surface area contributed by atoms with E-state index in [1.165, 1.54) is 4.57 Å². The van der Waals surface area contributed by atoms with Crippen molar-refractivity contribution in [1.82, 2.24) is 19.6 Å². The van der Waals surface area contributed by atoms with Gasteiger partial charge in [0.2, 0.25) is 5.95 Å². The van der Waals surface area contributed by atoms with Crippen LogP contribution in [0.5, 0.6) is 0 Å². The molecule has 2 aromatic heterocycles. The Morgan fingerprint density at radius 1 is 1.00 bits per heavy atom. The Balaban J connectivity index is 1.18. The third-order valence-corrected chi connectivity index (χ3v) is 6.56. The highest BCUT2D eigenvalue weighted by molar-refractivity contribution is 5.98. The van der Waals surface area contributed by atoms with Gasteiger partial charge >= 0.3 is 6.03 Å². The molecule has 186 valence electrons. The minimum Gasteiger partial charge on any atom is -0.354 e. The van der Waals surface area contributed by atoms with E-state index in [4.69, 9.17) is 4.52 Å². The van der Waals surface area contributed by atoms with E-state index in [2.05, 4.69) is 30.6 Å². The van der Waals surface area contributed by atoms with Crippen LogP contribution in [0.4, 0.5) is 22.2 Å². The fourth-order valence-electron chi connectivity index (χ4n) is 4.49. The van der Waals surface area contributed by atoms with Crippen molar-refractivity contribution in [3.8, 4) is 0 Å². The van der Waals surface area contributed by atoms with Crippen LogP contribution in [-0.4, -0.2) is 58.4 Å². The Kier molecular flexibility index (Phi) is 6.68. The number of amides is 2. The summed E-state index contributed by atoms with van der Waals surface area (Å²) in [6.07, 6.45) is 0.592. The molecule has 2 aromatic carbocycles. The summed E-state index contributed by atoms with van der Waals surface area (Å²) in [7, 11) is 1.62. The van der Waals surface area contributed by atoms with Crippen LogP contribution in [0.25, 0.3) is 11.0 Å². The monoisotopic (exact) mass is 487 g/mol. The number of carbonyl (C=O) groups is 1. The van der Waals surface area contributed by atoms with Gasteiger partial charge in [0.1, 0.15) is 0 Å². The molecule has 0 radical (unpaired) electrons. The van der Waals surface area contributed by atoms with Gasteiger partial charge in [0, 0.05) is 51.0 Å².